The van der Waals surface area contributed by atoms with Gasteiger partial charge >= 0.3 is 6.09 Å². The molecule has 0 bridgehead atoms. The van der Waals surface area contributed by atoms with Gasteiger partial charge in [0, 0.05) is 23.9 Å². The number of hydrogen-bond donors (Lipinski definition) is 3. The quantitative estimate of drug-likeness (QED) is 0.383. The first-order chi connectivity index (χ1) is 23.3. The summed E-state index contributed by atoms with van der Waals surface area (Å²) in [5.41, 5.74) is -2.27. The van der Waals surface area contributed by atoms with Crippen molar-refractivity contribution in [1.82, 2.24) is 25.2 Å². The minimum atomic E-state index is -3.87. The number of nitrogens with one attached hydrogen (secondary N) is 3. The summed E-state index contributed by atoms with van der Waals surface area (Å²) in [5.74, 6) is -1.91. The highest BCUT2D eigenvalue weighted by molar-refractivity contribution is 7.91. The molecule has 3 fully saturated rings. The molecule has 4 aliphatic rings. The van der Waals surface area contributed by atoms with Gasteiger partial charge in [0.2, 0.25) is 27.7 Å². The number of carbonyl (C=O) groups is 4. The number of pyridine rings is 1. The molecule has 0 radical (unpaired) electrons. The fourth-order valence-electron chi connectivity index (χ4n) is 6.64. The Morgan fingerprint density at radius 2 is 1.84 bits per heavy atom. The standard InChI is InChI=1S/C35H45N5O8S/c1-34(2,3)48-33(44)37-27-14-8-6-4-5-7-12-23-20-35(23,32(43)39-49(45,46)25-15-16-25)38-29(41)28-19-24(21-40(28)31(27)42)47-30-26-13-10-9-11-22(26)17-18-36-30/h7,9-13,17-18,23-25,27-28H,4-6,8,14-16,19-21H2,1-3H3,(H,37,44)(H,38,41)(H,39,43)/b12-7+. The Hall–Kier alpha value is -4.20. The highest BCUT2D eigenvalue weighted by atomic mass is 32.2. The molecule has 6 rings (SSSR count). The minimum Gasteiger partial charge on any atom is -0.472 e. The summed E-state index contributed by atoms with van der Waals surface area (Å²) in [6.07, 6.45) is 8.59. The predicted molar refractivity (Wildman–Crippen MR) is 181 cm³/mol. The van der Waals surface area contributed by atoms with Gasteiger partial charge in [-0.1, -0.05) is 43.2 Å². The van der Waals surface area contributed by atoms with Crippen LogP contribution in [0.4, 0.5) is 4.79 Å². The third-order valence-electron chi connectivity index (χ3n) is 9.45. The van der Waals surface area contributed by atoms with Crippen LogP contribution >= 0.6 is 0 Å². The van der Waals surface area contributed by atoms with E-state index in [0.29, 0.717) is 38.0 Å². The van der Waals surface area contributed by atoms with E-state index in [1.807, 2.05) is 42.5 Å². The Labute approximate surface area is 286 Å². The number of hydrogen-bond acceptors (Lipinski definition) is 9. The largest absolute Gasteiger partial charge is 0.472 e. The Morgan fingerprint density at radius 3 is 2.59 bits per heavy atom. The van der Waals surface area contributed by atoms with Crippen LogP contribution in [0, 0.1) is 5.92 Å². The first-order valence-corrected chi connectivity index (χ1v) is 18.7. The molecule has 264 valence electrons. The molecular formula is C35H45N5O8S. The smallest absolute Gasteiger partial charge is 0.408 e. The molecular weight excluding hydrogens is 650 g/mol. The lowest BCUT2D eigenvalue weighted by atomic mass is 10.0. The van der Waals surface area contributed by atoms with E-state index in [2.05, 4.69) is 20.3 Å². The van der Waals surface area contributed by atoms with Crippen LogP contribution in [0.25, 0.3) is 10.8 Å². The van der Waals surface area contributed by atoms with E-state index in [0.717, 1.165) is 23.6 Å². The van der Waals surface area contributed by atoms with Crippen LogP contribution in [0.2, 0.25) is 0 Å². The number of alkyl carbamates (subject to hydrolysis) is 1. The number of benzene rings is 1. The lowest BCUT2D eigenvalue weighted by molar-refractivity contribution is -0.141. The van der Waals surface area contributed by atoms with Crippen molar-refractivity contribution < 1.29 is 37.1 Å². The molecule has 2 aliphatic heterocycles. The van der Waals surface area contributed by atoms with Gasteiger partial charge < -0.3 is 25.0 Å². The zero-order valence-electron chi connectivity index (χ0n) is 28.1. The van der Waals surface area contributed by atoms with Crippen molar-refractivity contribution in [3.05, 3.63) is 48.7 Å². The van der Waals surface area contributed by atoms with Crippen LogP contribution < -0.4 is 20.1 Å². The highest BCUT2D eigenvalue weighted by Crippen LogP contribution is 2.46. The van der Waals surface area contributed by atoms with Crippen molar-refractivity contribution in [3.63, 3.8) is 0 Å². The maximum atomic E-state index is 14.3. The highest BCUT2D eigenvalue weighted by Gasteiger charge is 2.62. The second-order valence-corrected chi connectivity index (χ2v) is 16.5. The van der Waals surface area contributed by atoms with Gasteiger partial charge in [0.25, 0.3) is 5.91 Å². The average Bonchev–Trinajstić information content (AvgIpc) is 3.96. The molecule has 49 heavy (non-hydrogen) atoms. The lowest BCUT2D eigenvalue weighted by Crippen LogP contribution is -2.58. The van der Waals surface area contributed by atoms with Gasteiger partial charge in [-0.25, -0.2) is 18.2 Å². The second kappa shape index (κ2) is 13.6. The summed E-state index contributed by atoms with van der Waals surface area (Å²) in [5, 5.41) is 6.68. The predicted octanol–water partition coefficient (Wildman–Crippen LogP) is 3.48. The summed E-state index contributed by atoms with van der Waals surface area (Å²) in [6.45, 7) is 5.22. The molecule has 3 heterocycles. The van der Waals surface area contributed by atoms with Crippen molar-refractivity contribution in [3.8, 4) is 5.88 Å². The van der Waals surface area contributed by atoms with Gasteiger partial charge in [-0.05, 0) is 76.8 Å². The van der Waals surface area contributed by atoms with E-state index in [1.54, 1.807) is 27.0 Å². The number of sulfonamides is 1. The molecule has 4 amide bonds. The average molecular weight is 696 g/mol. The first-order valence-electron chi connectivity index (χ1n) is 17.1. The number of allylic oxidation sites excluding steroid dienone is 1. The third kappa shape index (κ3) is 8.00. The molecule has 1 aromatic carbocycles. The maximum Gasteiger partial charge on any atom is 0.408 e. The van der Waals surface area contributed by atoms with E-state index in [9.17, 15) is 27.6 Å². The first kappa shape index (κ1) is 34.7. The molecule has 13 nitrogen and oxygen atoms in total. The van der Waals surface area contributed by atoms with Gasteiger partial charge in [0.05, 0.1) is 11.8 Å². The van der Waals surface area contributed by atoms with Crippen molar-refractivity contribution in [2.75, 3.05) is 6.54 Å². The molecule has 1 aromatic heterocycles. The van der Waals surface area contributed by atoms with Crippen LogP contribution in [0.15, 0.2) is 48.7 Å². The SMILES string of the molecule is CC(C)(C)OC(=O)NC1CCCCC/C=C/C2CC2(C(=O)NS(=O)(=O)C2CC2)NC(=O)C2CC(Oc3nccc4ccccc34)CN2C1=O. The lowest BCUT2D eigenvalue weighted by Gasteiger charge is -2.30. The van der Waals surface area contributed by atoms with Crippen LogP contribution in [0.5, 0.6) is 5.88 Å². The maximum absolute atomic E-state index is 14.3. The van der Waals surface area contributed by atoms with Gasteiger partial charge in [0.1, 0.15) is 29.3 Å². The number of nitrogens with zero attached hydrogens (tertiary/aromatic N) is 2. The number of aromatic nitrogens is 1. The summed E-state index contributed by atoms with van der Waals surface area (Å²) in [7, 11) is -3.87. The van der Waals surface area contributed by atoms with Crippen molar-refractivity contribution in [2.24, 2.45) is 5.92 Å². The van der Waals surface area contributed by atoms with Crippen LogP contribution in [-0.2, 0) is 29.1 Å². The molecule has 2 aliphatic carbocycles. The normalized spacial score (nSPS) is 28.6. The molecule has 3 N–H and O–H groups in total. The number of carbonyl (C=O) groups excluding carboxylic acids is 4. The van der Waals surface area contributed by atoms with Crippen molar-refractivity contribution >= 4 is 44.6 Å². The summed E-state index contributed by atoms with van der Waals surface area (Å²) in [4.78, 5) is 60.9. The van der Waals surface area contributed by atoms with Crippen LogP contribution in [-0.4, -0.2) is 83.2 Å². The van der Waals surface area contributed by atoms with E-state index in [-0.39, 0.29) is 19.4 Å². The Kier molecular flexibility index (Phi) is 9.62. The van der Waals surface area contributed by atoms with Crippen molar-refractivity contribution in [2.45, 2.75) is 113 Å². The van der Waals surface area contributed by atoms with Crippen molar-refractivity contribution in [1.29, 1.82) is 0 Å². The summed E-state index contributed by atoms with van der Waals surface area (Å²) >= 11 is 0. The Balaban J connectivity index is 1.30. The molecule has 5 atom stereocenters. The zero-order valence-corrected chi connectivity index (χ0v) is 29.0. The van der Waals surface area contributed by atoms with E-state index in [4.69, 9.17) is 9.47 Å². The number of ether oxygens (including phenoxy) is 2. The zero-order chi connectivity index (χ0) is 35.0. The summed E-state index contributed by atoms with van der Waals surface area (Å²) in [6, 6.07) is 7.39. The van der Waals surface area contributed by atoms with E-state index >= 15 is 0 Å². The van der Waals surface area contributed by atoms with Gasteiger partial charge in [-0.15, -0.1) is 0 Å². The minimum absolute atomic E-state index is 0.0207. The second-order valence-electron chi connectivity index (χ2n) is 14.5. The van der Waals surface area contributed by atoms with Gasteiger partial charge in [-0.2, -0.15) is 0 Å². The molecule has 0 spiro atoms. The van der Waals surface area contributed by atoms with E-state index in [1.165, 1.54) is 4.90 Å². The number of fused-ring (bicyclic) bond motifs is 3. The Bertz CT molecular complexity index is 1750. The fourth-order valence-corrected chi connectivity index (χ4v) is 8.00. The van der Waals surface area contributed by atoms with Crippen LogP contribution in [0.3, 0.4) is 0 Å². The van der Waals surface area contributed by atoms with Gasteiger partial charge in [0.15, 0.2) is 0 Å². The summed E-state index contributed by atoms with van der Waals surface area (Å²) < 4.78 is 39.5. The number of rotatable bonds is 6. The number of amides is 4. The fraction of sp³-hybridized carbons (Fsp3) is 0.571. The Morgan fingerprint density at radius 1 is 1.06 bits per heavy atom. The molecule has 14 heteroatoms. The monoisotopic (exact) mass is 695 g/mol. The van der Waals surface area contributed by atoms with Crippen LogP contribution in [0.1, 0.15) is 78.6 Å². The topological polar surface area (TPSA) is 173 Å². The molecule has 5 unspecified atom stereocenters. The molecule has 2 saturated carbocycles. The van der Waals surface area contributed by atoms with Gasteiger partial charge in [-0.3, -0.25) is 19.1 Å². The molecule has 1 saturated heterocycles. The van der Waals surface area contributed by atoms with E-state index < -0.39 is 74.3 Å². The molecule has 2 aromatic rings. The third-order valence-corrected chi connectivity index (χ3v) is 11.3.